The number of benzene rings is 2. The van der Waals surface area contributed by atoms with Crippen LogP contribution < -0.4 is 11.1 Å². The average molecular weight is 497 g/mol. The molecule has 34 heavy (non-hydrogen) atoms. The Bertz CT molecular complexity index is 1280. The summed E-state index contributed by atoms with van der Waals surface area (Å²) in [6.45, 7) is -0.580. The monoisotopic (exact) mass is 496 g/mol. The summed E-state index contributed by atoms with van der Waals surface area (Å²) in [5, 5.41) is 3.51. The molecule has 0 spiro atoms. The van der Waals surface area contributed by atoms with Crippen molar-refractivity contribution in [3.63, 3.8) is 0 Å². The number of amides is 2. The number of hydrogen-bond donors (Lipinski definition) is 2. The van der Waals surface area contributed by atoms with E-state index in [9.17, 15) is 19.2 Å². The first kappa shape index (κ1) is 23.7. The molecule has 0 unspecified atom stereocenters. The highest BCUT2D eigenvalue weighted by atomic mass is 35.5. The Balaban J connectivity index is 1.45. The third-order valence-electron chi connectivity index (χ3n) is 5.50. The lowest BCUT2D eigenvalue weighted by Gasteiger charge is -2.11. The Morgan fingerprint density at radius 2 is 1.65 bits per heavy atom. The quantitative estimate of drug-likeness (QED) is 0.371. The van der Waals surface area contributed by atoms with Gasteiger partial charge in [0, 0.05) is 21.0 Å². The van der Waals surface area contributed by atoms with E-state index in [0.29, 0.717) is 21.2 Å². The highest BCUT2D eigenvalue weighted by molar-refractivity contribution is 7.17. The number of nitrogens with two attached hydrogens (primary N) is 1. The third-order valence-corrected chi connectivity index (χ3v) is 6.96. The van der Waals surface area contributed by atoms with E-state index in [4.69, 9.17) is 22.1 Å². The molecule has 0 bridgehead atoms. The van der Waals surface area contributed by atoms with Crippen molar-refractivity contribution < 1.29 is 23.9 Å². The summed E-state index contributed by atoms with van der Waals surface area (Å²) >= 11 is 7.21. The first-order valence-electron chi connectivity index (χ1n) is 10.7. The molecule has 0 fully saturated rings. The molecule has 3 aromatic rings. The number of primary amides is 1. The molecule has 1 aliphatic carbocycles. The first-order valence-corrected chi connectivity index (χ1v) is 11.8. The van der Waals surface area contributed by atoms with Crippen LogP contribution in [0.15, 0.2) is 48.5 Å². The number of anilines is 1. The van der Waals surface area contributed by atoms with Gasteiger partial charge in [-0.2, -0.15) is 0 Å². The summed E-state index contributed by atoms with van der Waals surface area (Å²) in [4.78, 5) is 51.1. The lowest BCUT2D eigenvalue weighted by Crippen LogP contribution is -2.23. The first-order chi connectivity index (χ1) is 16.3. The van der Waals surface area contributed by atoms with Gasteiger partial charge in [-0.1, -0.05) is 29.8 Å². The highest BCUT2D eigenvalue weighted by Crippen LogP contribution is 2.37. The number of rotatable bonds is 7. The molecule has 2 amide bonds. The van der Waals surface area contributed by atoms with Crippen LogP contribution in [0.25, 0.3) is 0 Å². The van der Waals surface area contributed by atoms with Gasteiger partial charge < -0.3 is 15.8 Å². The van der Waals surface area contributed by atoms with E-state index in [2.05, 4.69) is 5.32 Å². The molecule has 1 aliphatic rings. The molecule has 7 nitrogen and oxygen atoms in total. The number of hydrogen-bond acceptors (Lipinski definition) is 6. The number of esters is 1. The number of carbonyl (C=O) groups is 4. The van der Waals surface area contributed by atoms with Crippen molar-refractivity contribution in [2.24, 2.45) is 5.73 Å². The lowest BCUT2D eigenvalue weighted by atomic mass is 9.95. The second-order valence-electron chi connectivity index (χ2n) is 7.79. The normalized spacial score (nSPS) is 12.5. The maximum absolute atomic E-state index is 12.9. The van der Waals surface area contributed by atoms with E-state index in [1.165, 1.54) is 23.5 Å². The molecule has 0 radical (unpaired) electrons. The Kier molecular flexibility index (Phi) is 7.09. The van der Waals surface area contributed by atoms with Gasteiger partial charge in [-0.25, -0.2) is 4.79 Å². The van der Waals surface area contributed by atoms with E-state index in [0.717, 1.165) is 36.1 Å². The minimum Gasteiger partial charge on any atom is -0.452 e. The third kappa shape index (κ3) is 5.03. The van der Waals surface area contributed by atoms with Crippen LogP contribution in [0.3, 0.4) is 0 Å². The largest absolute Gasteiger partial charge is 0.452 e. The van der Waals surface area contributed by atoms with Crippen molar-refractivity contribution >= 4 is 51.5 Å². The zero-order chi connectivity index (χ0) is 24.2. The fourth-order valence-corrected chi connectivity index (χ4v) is 5.34. The molecule has 0 atom stereocenters. The number of ketones is 1. The Hall–Kier alpha value is -3.49. The number of carbonyl (C=O) groups excluding carboxylic acids is 4. The summed E-state index contributed by atoms with van der Waals surface area (Å²) in [5.41, 5.74) is 7.33. The predicted octanol–water partition coefficient (Wildman–Crippen LogP) is 4.41. The van der Waals surface area contributed by atoms with E-state index >= 15 is 0 Å². The fourth-order valence-electron chi connectivity index (χ4n) is 3.90. The second kappa shape index (κ2) is 10.2. The maximum atomic E-state index is 12.9. The van der Waals surface area contributed by atoms with Crippen molar-refractivity contribution in [2.75, 3.05) is 11.9 Å². The van der Waals surface area contributed by atoms with Crippen LogP contribution >= 0.6 is 22.9 Å². The minimum atomic E-state index is -0.811. The molecule has 0 saturated heterocycles. The summed E-state index contributed by atoms with van der Waals surface area (Å²) in [5.74, 6) is -2.38. The number of nitrogens with one attached hydrogen (secondary N) is 1. The van der Waals surface area contributed by atoms with Crippen LogP contribution in [-0.2, 0) is 22.4 Å². The van der Waals surface area contributed by atoms with Gasteiger partial charge in [0.2, 0.25) is 0 Å². The summed E-state index contributed by atoms with van der Waals surface area (Å²) in [6.07, 6.45) is 3.56. The van der Waals surface area contributed by atoms with E-state index in [-0.39, 0.29) is 16.9 Å². The molecule has 174 valence electrons. The summed E-state index contributed by atoms with van der Waals surface area (Å²) < 4.78 is 5.17. The average Bonchev–Trinajstić information content (AvgIpc) is 3.20. The van der Waals surface area contributed by atoms with Gasteiger partial charge >= 0.3 is 5.97 Å². The van der Waals surface area contributed by atoms with Crippen molar-refractivity contribution in [1.82, 2.24) is 0 Å². The molecule has 0 aliphatic heterocycles. The maximum Gasteiger partial charge on any atom is 0.339 e. The number of aryl methyl sites for hydroxylation is 1. The van der Waals surface area contributed by atoms with Crippen LogP contribution in [-0.4, -0.2) is 30.2 Å². The molecule has 1 aromatic heterocycles. The van der Waals surface area contributed by atoms with E-state index < -0.39 is 24.4 Å². The van der Waals surface area contributed by atoms with Gasteiger partial charge in [0.05, 0.1) is 11.1 Å². The Morgan fingerprint density at radius 1 is 0.971 bits per heavy atom. The van der Waals surface area contributed by atoms with Crippen LogP contribution in [0, 0.1) is 0 Å². The fraction of sp³-hybridized carbons (Fsp3) is 0.200. The Morgan fingerprint density at radius 3 is 2.35 bits per heavy atom. The number of fused-ring (bicyclic) bond motifs is 1. The molecular formula is C25H21ClN2O5S. The van der Waals surface area contributed by atoms with Crippen molar-refractivity contribution in [3.05, 3.63) is 86.2 Å². The standard InChI is InChI=1S/C25H21ClN2O5S/c26-15-11-9-14(10-12-15)22(30)16-5-1-2-6-17(16)25(32)33-13-20(29)28-24-21(23(27)31)18-7-3-4-8-19(18)34-24/h1-2,5-6,9-12H,3-4,7-8,13H2,(H2,27,31)(H,28,29). The zero-order valence-corrected chi connectivity index (χ0v) is 19.6. The van der Waals surface area contributed by atoms with Gasteiger partial charge in [0.15, 0.2) is 12.4 Å². The molecular weight excluding hydrogens is 476 g/mol. The van der Waals surface area contributed by atoms with Gasteiger partial charge in [0.25, 0.3) is 11.8 Å². The second-order valence-corrected chi connectivity index (χ2v) is 9.33. The van der Waals surface area contributed by atoms with E-state index in [1.807, 2.05) is 0 Å². The molecule has 1 heterocycles. The van der Waals surface area contributed by atoms with Crippen LogP contribution in [0.1, 0.15) is 59.9 Å². The molecule has 3 N–H and O–H groups in total. The predicted molar refractivity (Wildman–Crippen MR) is 130 cm³/mol. The van der Waals surface area contributed by atoms with Gasteiger partial charge in [-0.15, -0.1) is 11.3 Å². The summed E-state index contributed by atoms with van der Waals surface area (Å²) in [6, 6.07) is 12.5. The van der Waals surface area contributed by atoms with Crippen LogP contribution in [0.4, 0.5) is 5.00 Å². The summed E-state index contributed by atoms with van der Waals surface area (Å²) in [7, 11) is 0. The van der Waals surface area contributed by atoms with Gasteiger partial charge in [-0.3, -0.25) is 14.4 Å². The Labute approximate surface area is 204 Å². The molecule has 2 aromatic carbocycles. The lowest BCUT2D eigenvalue weighted by molar-refractivity contribution is -0.119. The SMILES string of the molecule is NC(=O)c1c(NC(=O)COC(=O)c2ccccc2C(=O)c2ccc(Cl)cc2)sc2c1CCCC2. The van der Waals surface area contributed by atoms with Crippen molar-refractivity contribution in [3.8, 4) is 0 Å². The molecule has 4 rings (SSSR count). The van der Waals surface area contributed by atoms with Crippen LogP contribution in [0.2, 0.25) is 5.02 Å². The minimum absolute atomic E-state index is 0.0414. The number of ether oxygens (including phenoxy) is 1. The van der Waals surface area contributed by atoms with Crippen LogP contribution in [0.5, 0.6) is 0 Å². The number of halogens is 1. The number of thiophene rings is 1. The topological polar surface area (TPSA) is 116 Å². The van der Waals surface area contributed by atoms with Crippen molar-refractivity contribution in [2.45, 2.75) is 25.7 Å². The van der Waals surface area contributed by atoms with Gasteiger partial charge in [-0.05, 0) is 61.6 Å². The molecule has 9 heteroatoms. The van der Waals surface area contributed by atoms with Gasteiger partial charge in [0.1, 0.15) is 5.00 Å². The zero-order valence-electron chi connectivity index (χ0n) is 18.1. The van der Waals surface area contributed by atoms with E-state index in [1.54, 1.807) is 36.4 Å². The highest BCUT2D eigenvalue weighted by Gasteiger charge is 2.25. The molecule has 0 saturated carbocycles. The van der Waals surface area contributed by atoms with Crippen molar-refractivity contribution in [1.29, 1.82) is 0 Å². The smallest absolute Gasteiger partial charge is 0.339 e.